The van der Waals surface area contributed by atoms with Gasteiger partial charge < -0.3 is 10.2 Å². The van der Waals surface area contributed by atoms with Crippen molar-refractivity contribution in [2.24, 2.45) is 0 Å². The largest absolute Gasteiger partial charge is 0.481 e. The van der Waals surface area contributed by atoms with Crippen molar-refractivity contribution < 1.29 is 19.8 Å². The summed E-state index contributed by atoms with van der Waals surface area (Å²) in [5, 5.41) is 20.6. The SMILES string of the molecule is CCN(CCC(=O)O)N(C)CCC(=O)O. The molecule has 0 spiro atoms. The molecule has 0 amide bonds. The van der Waals surface area contributed by atoms with Gasteiger partial charge in [0.2, 0.25) is 0 Å². The molecule has 0 unspecified atom stereocenters. The standard InChI is InChI=1S/C9H18N2O4/c1-3-11(7-5-9(14)15)10(2)6-4-8(12)13/h3-7H2,1-2H3,(H,12,13)(H,14,15). The Kier molecular flexibility index (Phi) is 6.64. The van der Waals surface area contributed by atoms with Crippen molar-refractivity contribution in [3.05, 3.63) is 0 Å². The number of aliphatic carboxylic acids is 2. The quantitative estimate of drug-likeness (QED) is 0.562. The second kappa shape index (κ2) is 7.19. The molecule has 0 aliphatic rings. The molecule has 0 fully saturated rings. The lowest BCUT2D eigenvalue weighted by Crippen LogP contribution is -2.42. The predicted octanol–water partition coefficient (Wildman–Crippen LogP) is 0.105. The minimum absolute atomic E-state index is 0.0556. The molecule has 0 aromatic rings. The van der Waals surface area contributed by atoms with Crippen LogP contribution in [0.3, 0.4) is 0 Å². The monoisotopic (exact) mass is 218 g/mol. The number of carboxylic acids is 2. The summed E-state index contributed by atoms with van der Waals surface area (Å²) in [5.74, 6) is -1.70. The number of carboxylic acid groups (broad SMARTS) is 2. The van der Waals surface area contributed by atoms with Crippen LogP contribution in [0.2, 0.25) is 0 Å². The summed E-state index contributed by atoms with van der Waals surface area (Å²) in [6, 6.07) is 0. The smallest absolute Gasteiger partial charge is 0.304 e. The highest BCUT2D eigenvalue weighted by molar-refractivity contribution is 5.67. The molecule has 0 heterocycles. The average Bonchev–Trinajstić information content (AvgIpc) is 2.15. The predicted molar refractivity (Wildman–Crippen MR) is 54.4 cm³/mol. The van der Waals surface area contributed by atoms with E-state index in [1.54, 1.807) is 12.1 Å². The lowest BCUT2D eigenvalue weighted by Gasteiger charge is -2.30. The van der Waals surface area contributed by atoms with Crippen LogP contribution in [0.15, 0.2) is 0 Å². The summed E-state index contributed by atoms with van der Waals surface area (Å²) in [4.78, 5) is 20.7. The molecule has 0 bridgehead atoms. The van der Waals surface area contributed by atoms with E-state index >= 15 is 0 Å². The van der Waals surface area contributed by atoms with Gasteiger partial charge in [-0.05, 0) is 0 Å². The first-order chi connectivity index (χ1) is 6.97. The van der Waals surface area contributed by atoms with Gasteiger partial charge in [0.15, 0.2) is 0 Å². The van der Waals surface area contributed by atoms with Crippen LogP contribution in [0.25, 0.3) is 0 Å². The van der Waals surface area contributed by atoms with Gasteiger partial charge in [-0.2, -0.15) is 0 Å². The number of nitrogens with zero attached hydrogens (tertiary/aromatic N) is 2. The molecule has 0 radical (unpaired) electrons. The molecule has 0 atom stereocenters. The molecule has 0 rings (SSSR count). The van der Waals surface area contributed by atoms with Crippen LogP contribution >= 0.6 is 0 Å². The third-order valence-electron chi connectivity index (χ3n) is 2.08. The van der Waals surface area contributed by atoms with Crippen molar-refractivity contribution >= 4 is 11.9 Å². The van der Waals surface area contributed by atoms with Crippen molar-refractivity contribution in [2.75, 3.05) is 26.7 Å². The fourth-order valence-electron chi connectivity index (χ4n) is 1.19. The van der Waals surface area contributed by atoms with Crippen molar-refractivity contribution in [3.8, 4) is 0 Å². The molecule has 6 nitrogen and oxygen atoms in total. The molecule has 0 aliphatic carbocycles. The first-order valence-electron chi connectivity index (χ1n) is 4.87. The first-order valence-corrected chi connectivity index (χ1v) is 4.87. The maximum Gasteiger partial charge on any atom is 0.304 e. The zero-order valence-electron chi connectivity index (χ0n) is 9.14. The van der Waals surface area contributed by atoms with Crippen LogP contribution in [0.1, 0.15) is 19.8 Å². The Morgan fingerprint density at radius 1 is 1.07 bits per heavy atom. The summed E-state index contributed by atoms with van der Waals surface area (Å²) in [7, 11) is 1.76. The van der Waals surface area contributed by atoms with Crippen LogP contribution in [0.5, 0.6) is 0 Å². The normalized spacial score (nSPS) is 10.9. The van der Waals surface area contributed by atoms with Crippen molar-refractivity contribution in [3.63, 3.8) is 0 Å². The number of rotatable bonds is 8. The van der Waals surface area contributed by atoms with E-state index in [2.05, 4.69) is 0 Å². The molecule has 88 valence electrons. The Morgan fingerprint density at radius 3 is 1.93 bits per heavy atom. The van der Waals surface area contributed by atoms with E-state index in [1.807, 2.05) is 11.9 Å². The third kappa shape index (κ3) is 6.87. The number of carbonyl (C=O) groups is 2. The summed E-state index contributed by atoms with van der Waals surface area (Å²) in [6.07, 6.45) is 0.116. The fraction of sp³-hybridized carbons (Fsp3) is 0.778. The Morgan fingerprint density at radius 2 is 1.53 bits per heavy atom. The molecule has 6 heteroatoms. The van der Waals surface area contributed by atoms with E-state index in [0.717, 1.165) is 0 Å². The average molecular weight is 218 g/mol. The summed E-state index contributed by atoms with van der Waals surface area (Å²) in [5.41, 5.74) is 0. The van der Waals surface area contributed by atoms with Gasteiger partial charge in [-0.25, -0.2) is 10.0 Å². The topological polar surface area (TPSA) is 81.1 Å². The third-order valence-corrected chi connectivity index (χ3v) is 2.08. The molecular weight excluding hydrogens is 200 g/mol. The zero-order chi connectivity index (χ0) is 11.8. The van der Waals surface area contributed by atoms with Gasteiger partial charge in [-0.1, -0.05) is 6.92 Å². The molecule has 0 aromatic heterocycles. The second-order valence-corrected chi connectivity index (χ2v) is 3.22. The van der Waals surface area contributed by atoms with Gasteiger partial charge in [0, 0.05) is 26.7 Å². The zero-order valence-corrected chi connectivity index (χ0v) is 9.14. The summed E-state index contributed by atoms with van der Waals surface area (Å²) >= 11 is 0. The Hall–Kier alpha value is -1.14. The highest BCUT2D eigenvalue weighted by Gasteiger charge is 2.11. The molecular formula is C9H18N2O4. The van der Waals surface area contributed by atoms with E-state index in [4.69, 9.17) is 10.2 Å². The lowest BCUT2D eigenvalue weighted by atomic mass is 10.4. The highest BCUT2D eigenvalue weighted by atomic mass is 16.4. The van der Waals surface area contributed by atoms with Gasteiger partial charge >= 0.3 is 11.9 Å². The number of hydrogen-bond donors (Lipinski definition) is 2. The number of hydrogen-bond acceptors (Lipinski definition) is 4. The van der Waals surface area contributed by atoms with Crippen LogP contribution in [-0.4, -0.2) is 58.9 Å². The molecule has 2 N–H and O–H groups in total. The minimum Gasteiger partial charge on any atom is -0.481 e. The van der Waals surface area contributed by atoms with Crippen LogP contribution < -0.4 is 0 Å². The van der Waals surface area contributed by atoms with Crippen LogP contribution in [0, 0.1) is 0 Å². The summed E-state index contributed by atoms with van der Waals surface area (Å²) in [6.45, 7) is 3.37. The maximum atomic E-state index is 10.4. The fourth-order valence-corrected chi connectivity index (χ4v) is 1.19. The lowest BCUT2D eigenvalue weighted by molar-refractivity contribution is -0.141. The highest BCUT2D eigenvalue weighted by Crippen LogP contribution is 1.98. The second-order valence-electron chi connectivity index (χ2n) is 3.22. The molecule has 0 aliphatic heterocycles. The van der Waals surface area contributed by atoms with Gasteiger partial charge in [-0.3, -0.25) is 9.59 Å². The molecule has 0 saturated heterocycles. The van der Waals surface area contributed by atoms with Crippen molar-refractivity contribution in [2.45, 2.75) is 19.8 Å². The van der Waals surface area contributed by atoms with E-state index < -0.39 is 11.9 Å². The maximum absolute atomic E-state index is 10.4. The first kappa shape index (κ1) is 13.9. The molecule has 0 aromatic carbocycles. The van der Waals surface area contributed by atoms with Crippen LogP contribution in [0.4, 0.5) is 0 Å². The minimum atomic E-state index is -0.851. The van der Waals surface area contributed by atoms with Gasteiger partial charge in [0.25, 0.3) is 0 Å². The van der Waals surface area contributed by atoms with E-state index in [1.165, 1.54) is 0 Å². The van der Waals surface area contributed by atoms with Gasteiger partial charge in [0.05, 0.1) is 12.8 Å². The van der Waals surface area contributed by atoms with Crippen LogP contribution in [-0.2, 0) is 9.59 Å². The van der Waals surface area contributed by atoms with E-state index in [-0.39, 0.29) is 12.8 Å². The van der Waals surface area contributed by atoms with Gasteiger partial charge in [0.1, 0.15) is 0 Å². The van der Waals surface area contributed by atoms with Crippen molar-refractivity contribution in [1.82, 2.24) is 10.0 Å². The number of hydrazine groups is 1. The van der Waals surface area contributed by atoms with E-state index in [0.29, 0.717) is 19.6 Å². The Labute approximate surface area is 89.1 Å². The van der Waals surface area contributed by atoms with Crippen molar-refractivity contribution in [1.29, 1.82) is 0 Å². The summed E-state index contributed by atoms with van der Waals surface area (Å²) < 4.78 is 0. The van der Waals surface area contributed by atoms with E-state index in [9.17, 15) is 9.59 Å². The Balaban J connectivity index is 3.92. The molecule has 0 saturated carbocycles. The van der Waals surface area contributed by atoms with Gasteiger partial charge in [-0.15, -0.1) is 0 Å². The Bertz CT molecular complexity index is 220. The molecule has 15 heavy (non-hydrogen) atoms.